The number of furan rings is 1. The van der Waals surface area contributed by atoms with Gasteiger partial charge in [-0.15, -0.1) is 0 Å². The first-order valence-electron chi connectivity index (χ1n) is 11.7. The molecule has 0 aliphatic carbocycles. The van der Waals surface area contributed by atoms with Crippen LogP contribution in [0, 0.1) is 13.8 Å². The van der Waals surface area contributed by atoms with Gasteiger partial charge in [0.25, 0.3) is 5.91 Å². The first-order chi connectivity index (χ1) is 17.9. The summed E-state index contributed by atoms with van der Waals surface area (Å²) in [4.78, 5) is 32.3. The smallest absolute Gasteiger partial charge is 0.337 e. The van der Waals surface area contributed by atoms with Crippen molar-refractivity contribution in [3.05, 3.63) is 112 Å². The first-order valence-corrected chi connectivity index (χ1v) is 12.5. The van der Waals surface area contributed by atoms with Crippen LogP contribution in [0.15, 0.2) is 99.2 Å². The second kappa shape index (κ2) is 10.3. The van der Waals surface area contributed by atoms with Crippen LogP contribution in [0.2, 0.25) is 0 Å². The standard InChI is InChI=1S/C30H24N2O4S/c1-19-7-11-23(12-8-19)31-30-32(24-13-9-20(2)10-14-24)28(33)27(37-30)18-25-15-16-26(36-25)21-5-4-6-22(17-21)29(34)35-3/h4-18H,1-3H3/b27-18-,31-30?. The molecule has 37 heavy (non-hydrogen) atoms. The molecule has 0 unspecified atom stereocenters. The van der Waals surface area contributed by atoms with E-state index in [9.17, 15) is 9.59 Å². The normalized spacial score (nSPS) is 15.5. The van der Waals surface area contributed by atoms with Crippen molar-refractivity contribution in [3.63, 3.8) is 0 Å². The Labute approximate surface area is 219 Å². The third-order valence-electron chi connectivity index (χ3n) is 5.83. The maximum absolute atomic E-state index is 13.5. The first kappa shape index (κ1) is 24.3. The molecular weight excluding hydrogens is 484 g/mol. The molecule has 5 rings (SSSR count). The molecule has 0 saturated carbocycles. The average molecular weight is 509 g/mol. The number of amidine groups is 1. The van der Waals surface area contributed by atoms with Gasteiger partial charge in [0.1, 0.15) is 11.5 Å². The van der Waals surface area contributed by atoms with E-state index in [2.05, 4.69) is 0 Å². The number of carbonyl (C=O) groups excluding carboxylic acids is 2. The number of thioether (sulfide) groups is 1. The van der Waals surface area contributed by atoms with Crippen LogP contribution in [0.1, 0.15) is 27.2 Å². The predicted octanol–water partition coefficient (Wildman–Crippen LogP) is 7.16. The summed E-state index contributed by atoms with van der Waals surface area (Å²) in [7, 11) is 1.35. The van der Waals surface area contributed by atoms with Crippen molar-refractivity contribution in [1.82, 2.24) is 0 Å². The summed E-state index contributed by atoms with van der Waals surface area (Å²) in [6, 6.07) is 26.3. The molecule has 1 fully saturated rings. The van der Waals surface area contributed by atoms with Gasteiger partial charge in [0, 0.05) is 11.6 Å². The molecule has 0 radical (unpaired) electrons. The molecule has 1 aromatic heterocycles. The van der Waals surface area contributed by atoms with E-state index < -0.39 is 5.97 Å². The number of hydrogen-bond acceptors (Lipinski definition) is 6. The second-order valence-electron chi connectivity index (χ2n) is 8.59. The predicted molar refractivity (Wildman–Crippen MR) is 148 cm³/mol. The van der Waals surface area contributed by atoms with Gasteiger partial charge in [0.2, 0.25) is 0 Å². The SMILES string of the molecule is COC(=O)c1cccc(-c2ccc(/C=C3\SC(=Nc4ccc(C)cc4)N(c4ccc(C)cc4)C3=O)o2)c1. The fourth-order valence-electron chi connectivity index (χ4n) is 3.83. The van der Waals surface area contributed by atoms with Crippen molar-refractivity contribution in [2.75, 3.05) is 12.0 Å². The van der Waals surface area contributed by atoms with E-state index in [1.54, 1.807) is 35.2 Å². The van der Waals surface area contributed by atoms with E-state index in [0.717, 1.165) is 28.1 Å². The monoisotopic (exact) mass is 508 g/mol. The Bertz CT molecular complexity index is 1530. The third kappa shape index (κ3) is 5.27. The molecule has 7 heteroatoms. The summed E-state index contributed by atoms with van der Waals surface area (Å²) < 4.78 is 10.8. The van der Waals surface area contributed by atoms with Gasteiger partial charge in [-0.3, -0.25) is 9.69 Å². The fraction of sp³-hybridized carbons (Fsp3) is 0.100. The molecule has 0 spiro atoms. The minimum absolute atomic E-state index is 0.176. The van der Waals surface area contributed by atoms with Crippen LogP contribution in [0.25, 0.3) is 17.4 Å². The highest BCUT2D eigenvalue weighted by molar-refractivity contribution is 8.19. The van der Waals surface area contributed by atoms with Gasteiger partial charge in [-0.2, -0.15) is 0 Å². The Morgan fingerprint density at radius 1 is 0.946 bits per heavy atom. The lowest BCUT2D eigenvalue weighted by atomic mass is 10.1. The molecule has 2 heterocycles. The lowest BCUT2D eigenvalue weighted by molar-refractivity contribution is -0.113. The number of amides is 1. The zero-order chi connectivity index (χ0) is 25.9. The summed E-state index contributed by atoms with van der Waals surface area (Å²) in [5.74, 6) is 0.511. The molecule has 1 aliphatic heterocycles. The number of nitrogens with zero attached hydrogens (tertiary/aromatic N) is 2. The zero-order valence-electron chi connectivity index (χ0n) is 20.6. The van der Waals surface area contributed by atoms with Gasteiger partial charge in [-0.1, -0.05) is 47.5 Å². The van der Waals surface area contributed by atoms with Crippen LogP contribution >= 0.6 is 11.8 Å². The van der Waals surface area contributed by atoms with Gasteiger partial charge < -0.3 is 9.15 Å². The minimum Gasteiger partial charge on any atom is -0.465 e. The molecule has 1 amide bonds. The van der Waals surface area contributed by atoms with Gasteiger partial charge >= 0.3 is 5.97 Å². The van der Waals surface area contributed by atoms with Crippen molar-refractivity contribution >= 4 is 46.3 Å². The lowest BCUT2D eigenvalue weighted by Crippen LogP contribution is -2.28. The van der Waals surface area contributed by atoms with E-state index >= 15 is 0 Å². The molecular formula is C30H24N2O4S. The van der Waals surface area contributed by atoms with Crippen molar-refractivity contribution < 1.29 is 18.7 Å². The fourth-order valence-corrected chi connectivity index (χ4v) is 4.81. The zero-order valence-corrected chi connectivity index (χ0v) is 21.4. The van der Waals surface area contributed by atoms with Crippen LogP contribution in [0.4, 0.5) is 11.4 Å². The average Bonchev–Trinajstić information content (AvgIpc) is 3.50. The van der Waals surface area contributed by atoms with Gasteiger partial charge in [0.15, 0.2) is 5.17 Å². The quantitative estimate of drug-likeness (QED) is 0.211. The third-order valence-corrected chi connectivity index (χ3v) is 6.79. The van der Waals surface area contributed by atoms with E-state index in [1.165, 1.54) is 18.9 Å². The number of aryl methyl sites for hydroxylation is 2. The van der Waals surface area contributed by atoms with Gasteiger partial charge in [-0.05, 0) is 74.1 Å². The number of anilines is 1. The Morgan fingerprint density at radius 3 is 2.35 bits per heavy atom. The van der Waals surface area contributed by atoms with E-state index in [1.807, 2.05) is 74.5 Å². The highest BCUT2D eigenvalue weighted by atomic mass is 32.2. The molecule has 3 aromatic carbocycles. The second-order valence-corrected chi connectivity index (χ2v) is 9.60. The van der Waals surface area contributed by atoms with Crippen LogP contribution in [-0.2, 0) is 9.53 Å². The summed E-state index contributed by atoms with van der Waals surface area (Å²) in [5, 5.41) is 0.571. The van der Waals surface area contributed by atoms with E-state index in [-0.39, 0.29) is 5.91 Å². The Hall–Kier alpha value is -4.36. The van der Waals surface area contributed by atoms with Crippen LogP contribution in [0.3, 0.4) is 0 Å². The van der Waals surface area contributed by atoms with Crippen molar-refractivity contribution in [1.29, 1.82) is 0 Å². The van der Waals surface area contributed by atoms with Crippen LogP contribution in [0.5, 0.6) is 0 Å². The molecule has 0 bridgehead atoms. The Kier molecular flexibility index (Phi) is 6.79. The molecule has 6 nitrogen and oxygen atoms in total. The lowest BCUT2D eigenvalue weighted by Gasteiger charge is -2.16. The maximum atomic E-state index is 13.5. The summed E-state index contributed by atoms with van der Waals surface area (Å²) >= 11 is 1.30. The number of aliphatic imine (C=N–C) groups is 1. The van der Waals surface area contributed by atoms with Gasteiger partial charge in [-0.25, -0.2) is 9.79 Å². The number of carbonyl (C=O) groups is 2. The van der Waals surface area contributed by atoms with E-state index in [4.69, 9.17) is 14.1 Å². The topological polar surface area (TPSA) is 72.1 Å². The minimum atomic E-state index is -0.416. The van der Waals surface area contributed by atoms with E-state index in [0.29, 0.717) is 27.2 Å². The summed E-state index contributed by atoms with van der Waals surface area (Å²) in [5.41, 5.74) is 4.93. The summed E-state index contributed by atoms with van der Waals surface area (Å²) in [6.07, 6.45) is 1.72. The number of esters is 1. The number of methoxy groups -OCH3 is 1. The molecule has 184 valence electrons. The van der Waals surface area contributed by atoms with Crippen LogP contribution in [-0.4, -0.2) is 24.2 Å². The molecule has 1 saturated heterocycles. The van der Waals surface area contributed by atoms with Crippen molar-refractivity contribution in [2.45, 2.75) is 13.8 Å². The molecule has 0 N–H and O–H groups in total. The van der Waals surface area contributed by atoms with Gasteiger partial charge in [0.05, 0.1) is 29.0 Å². The highest BCUT2D eigenvalue weighted by Crippen LogP contribution is 2.38. The van der Waals surface area contributed by atoms with Crippen molar-refractivity contribution in [3.8, 4) is 11.3 Å². The van der Waals surface area contributed by atoms with Crippen LogP contribution < -0.4 is 4.90 Å². The highest BCUT2D eigenvalue weighted by Gasteiger charge is 2.35. The molecule has 4 aromatic rings. The largest absolute Gasteiger partial charge is 0.465 e. The van der Waals surface area contributed by atoms with Crippen molar-refractivity contribution in [2.24, 2.45) is 4.99 Å². The number of rotatable bonds is 5. The maximum Gasteiger partial charge on any atom is 0.337 e. The number of ether oxygens (including phenoxy) is 1. The Morgan fingerprint density at radius 2 is 1.65 bits per heavy atom. The number of hydrogen-bond donors (Lipinski definition) is 0. The summed E-state index contributed by atoms with van der Waals surface area (Å²) in [6.45, 7) is 4.03. The molecule has 1 aliphatic rings. The molecule has 0 atom stereocenters. The number of benzene rings is 3. The Balaban J connectivity index is 1.48.